The highest BCUT2D eigenvalue weighted by molar-refractivity contribution is 5.72. The summed E-state index contributed by atoms with van der Waals surface area (Å²) in [5.74, 6) is 1.38. The van der Waals surface area contributed by atoms with Gasteiger partial charge in [-0.2, -0.15) is 0 Å². The highest BCUT2D eigenvalue weighted by Crippen LogP contribution is 2.38. The van der Waals surface area contributed by atoms with Crippen molar-refractivity contribution in [1.82, 2.24) is 0 Å². The van der Waals surface area contributed by atoms with Gasteiger partial charge in [0.05, 0.1) is 5.92 Å². The molecule has 0 radical (unpaired) electrons. The molecule has 0 aromatic rings. The van der Waals surface area contributed by atoms with Gasteiger partial charge in [0.15, 0.2) is 0 Å². The van der Waals surface area contributed by atoms with Gasteiger partial charge in [0.1, 0.15) is 6.10 Å². The van der Waals surface area contributed by atoms with Gasteiger partial charge in [0, 0.05) is 0 Å². The molecule has 0 aromatic carbocycles. The summed E-state index contributed by atoms with van der Waals surface area (Å²) in [6.07, 6.45) is 5.57. The first-order valence-corrected chi connectivity index (χ1v) is 7.90. The van der Waals surface area contributed by atoms with Crippen molar-refractivity contribution in [3.05, 3.63) is 0 Å². The topological polar surface area (TPSA) is 26.3 Å². The lowest BCUT2D eigenvalue weighted by atomic mass is 9.72. The normalized spacial score (nSPS) is 26.3. The Morgan fingerprint density at radius 3 is 2.05 bits per heavy atom. The lowest BCUT2D eigenvalue weighted by Crippen LogP contribution is -2.31. The molecule has 1 atom stereocenters. The zero-order valence-corrected chi connectivity index (χ0v) is 13.7. The Balaban J connectivity index is 2.35. The van der Waals surface area contributed by atoms with E-state index in [2.05, 4.69) is 34.6 Å². The van der Waals surface area contributed by atoms with Gasteiger partial charge in [0.2, 0.25) is 0 Å². The van der Waals surface area contributed by atoms with E-state index in [1.165, 1.54) is 12.8 Å². The quantitative estimate of drug-likeness (QED) is 0.683. The molecule has 0 aliphatic heterocycles. The summed E-state index contributed by atoms with van der Waals surface area (Å²) in [7, 11) is 0. The average Bonchev–Trinajstić information content (AvgIpc) is 2.27. The molecule has 0 aromatic heterocycles. The second-order valence-electron chi connectivity index (χ2n) is 7.81. The van der Waals surface area contributed by atoms with Gasteiger partial charge in [-0.3, -0.25) is 4.79 Å². The molecular formula is C17H32O2. The van der Waals surface area contributed by atoms with E-state index < -0.39 is 0 Å². The second kappa shape index (κ2) is 6.76. The van der Waals surface area contributed by atoms with E-state index in [1.54, 1.807) is 0 Å². The van der Waals surface area contributed by atoms with Gasteiger partial charge in [0.25, 0.3) is 0 Å². The van der Waals surface area contributed by atoms with Gasteiger partial charge in [-0.05, 0) is 49.4 Å². The molecule has 0 bridgehead atoms. The van der Waals surface area contributed by atoms with Crippen molar-refractivity contribution in [2.75, 3.05) is 0 Å². The largest absolute Gasteiger partial charge is 0.462 e. The van der Waals surface area contributed by atoms with Crippen LogP contribution in [0.15, 0.2) is 0 Å². The molecule has 0 heterocycles. The Labute approximate surface area is 119 Å². The number of hydrogen-bond acceptors (Lipinski definition) is 2. The van der Waals surface area contributed by atoms with Gasteiger partial charge >= 0.3 is 5.97 Å². The maximum atomic E-state index is 12.0. The van der Waals surface area contributed by atoms with Crippen LogP contribution in [0.4, 0.5) is 0 Å². The smallest absolute Gasteiger partial charge is 0.308 e. The number of esters is 1. The van der Waals surface area contributed by atoms with Crippen LogP contribution < -0.4 is 0 Å². The summed E-state index contributed by atoms with van der Waals surface area (Å²) in [5.41, 5.74) is 0.389. The number of hydrogen-bond donors (Lipinski definition) is 0. The Morgan fingerprint density at radius 1 is 1.11 bits per heavy atom. The Kier molecular flexibility index (Phi) is 5.88. The fourth-order valence-corrected chi connectivity index (χ4v) is 3.13. The van der Waals surface area contributed by atoms with Gasteiger partial charge in [-0.25, -0.2) is 0 Å². The summed E-state index contributed by atoms with van der Waals surface area (Å²) >= 11 is 0. The van der Waals surface area contributed by atoms with Gasteiger partial charge in [-0.1, -0.05) is 41.5 Å². The molecule has 0 N–H and O–H groups in total. The number of rotatable bonds is 4. The fourth-order valence-electron chi connectivity index (χ4n) is 3.13. The minimum Gasteiger partial charge on any atom is -0.462 e. The van der Waals surface area contributed by atoms with Crippen LogP contribution >= 0.6 is 0 Å². The van der Waals surface area contributed by atoms with E-state index in [1.807, 2.05) is 6.92 Å². The molecule has 19 heavy (non-hydrogen) atoms. The maximum Gasteiger partial charge on any atom is 0.308 e. The molecular weight excluding hydrogens is 236 g/mol. The van der Waals surface area contributed by atoms with E-state index in [-0.39, 0.29) is 18.0 Å². The predicted octanol–water partition coefficient (Wildman–Crippen LogP) is 4.82. The molecule has 1 fully saturated rings. The molecule has 2 nitrogen and oxygen atoms in total. The van der Waals surface area contributed by atoms with E-state index >= 15 is 0 Å². The average molecular weight is 268 g/mol. The summed E-state index contributed by atoms with van der Waals surface area (Å²) < 4.78 is 5.68. The van der Waals surface area contributed by atoms with E-state index in [0.29, 0.717) is 11.3 Å². The van der Waals surface area contributed by atoms with Gasteiger partial charge < -0.3 is 4.74 Å². The van der Waals surface area contributed by atoms with Crippen LogP contribution in [-0.2, 0) is 9.53 Å². The summed E-state index contributed by atoms with van der Waals surface area (Å²) in [5, 5.41) is 0. The molecule has 2 heteroatoms. The van der Waals surface area contributed by atoms with Crippen LogP contribution in [0, 0.1) is 23.2 Å². The van der Waals surface area contributed by atoms with Crippen molar-refractivity contribution in [2.24, 2.45) is 23.2 Å². The number of carbonyl (C=O) groups excluding carboxylic acids is 1. The third kappa shape index (κ3) is 5.54. The minimum atomic E-state index is 0.00732. The Hall–Kier alpha value is -0.530. The van der Waals surface area contributed by atoms with Crippen molar-refractivity contribution in [2.45, 2.75) is 79.8 Å². The third-order valence-corrected chi connectivity index (χ3v) is 4.41. The zero-order chi connectivity index (χ0) is 14.6. The Morgan fingerprint density at radius 2 is 1.63 bits per heavy atom. The molecule has 1 unspecified atom stereocenters. The SMILES string of the molecule is CC(C)CC(C)C(=O)OC1CCC(C(C)(C)C)CC1. The summed E-state index contributed by atoms with van der Waals surface area (Å²) in [6, 6.07) is 0. The van der Waals surface area contributed by atoms with Crippen molar-refractivity contribution in [3.8, 4) is 0 Å². The lowest BCUT2D eigenvalue weighted by molar-refractivity contribution is -0.156. The molecule has 1 aliphatic rings. The maximum absolute atomic E-state index is 12.0. The standard InChI is InChI=1S/C17H32O2/c1-12(2)11-13(3)16(18)19-15-9-7-14(8-10-15)17(4,5)6/h12-15H,7-11H2,1-6H3. The van der Waals surface area contributed by atoms with E-state index in [4.69, 9.17) is 4.74 Å². The van der Waals surface area contributed by atoms with Crippen LogP contribution in [0.5, 0.6) is 0 Å². The minimum absolute atomic E-state index is 0.00732. The second-order valence-corrected chi connectivity index (χ2v) is 7.81. The first-order valence-electron chi connectivity index (χ1n) is 7.90. The molecule has 0 saturated heterocycles. The molecule has 112 valence electrons. The molecule has 0 spiro atoms. The molecule has 1 aliphatic carbocycles. The van der Waals surface area contributed by atoms with Crippen LogP contribution in [-0.4, -0.2) is 12.1 Å². The molecule has 1 rings (SSSR count). The lowest BCUT2D eigenvalue weighted by Gasteiger charge is -2.36. The highest BCUT2D eigenvalue weighted by atomic mass is 16.5. The van der Waals surface area contributed by atoms with Crippen molar-refractivity contribution in [1.29, 1.82) is 0 Å². The van der Waals surface area contributed by atoms with Crippen molar-refractivity contribution < 1.29 is 9.53 Å². The van der Waals surface area contributed by atoms with Crippen LogP contribution in [0.2, 0.25) is 0 Å². The van der Waals surface area contributed by atoms with Crippen molar-refractivity contribution in [3.63, 3.8) is 0 Å². The first-order chi connectivity index (χ1) is 8.70. The van der Waals surface area contributed by atoms with Crippen LogP contribution in [0.25, 0.3) is 0 Å². The highest BCUT2D eigenvalue weighted by Gasteiger charge is 2.31. The Bertz CT molecular complexity index is 280. The van der Waals surface area contributed by atoms with Crippen molar-refractivity contribution >= 4 is 5.97 Å². The van der Waals surface area contributed by atoms with Crippen LogP contribution in [0.1, 0.15) is 73.6 Å². The third-order valence-electron chi connectivity index (χ3n) is 4.41. The summed E-state index contributed by atoms with van der Waals surface area (Å²) in [6.45, 7) is 13.2. The fraction of sp³-hybridized carbons (Fsp3) is 0.941. The molecule has 1 saturated carbocycles. The van der Waals surface area contributed by atoms with Gasteiger partial charge in [-0.15, -0.1) is 0 Å². The predicted molar refractivity (Wildman–Crippen MR) is 79.9 cm³/mol. The monoisotopic (exact) mass is 268 g/mol. The first kappa shape index (κ1) is 16.5. The zero-order valence-electron chi connectivity index (χ0n) is 13.7. The van der Waals surface area contributed by atoms with E-state index in [0.717, 1.165) is 25.2 Å². The van der Waals surface area contributed by atoms with Crippen LogP contribution in [0.3, 0.4) is 0 Å². The number of carbonyl (C=O) groups is 1. The summed E-state index contributed by atoms with van der Waals surface area (Å²) in [4.78, 5) is 12.0. The van der Waals surface area contributed by atoms with E-state index in [9.17, 15) is 4.79 Å². The number of ether oxygens (including phenoxy) is 1. The molecule has 0 amide bonds.